The summed E-state index contributed by atoms with van der Waals surface area (Å²) in [5.74, 6) is -1.19. The number of amides is 2. The predicted molar refractivity (Wildman–Crippen MR) is 300 cm³/mol. The largest absolute Gasteiger partial charge is 0.343 e. The van der Waals surface area contributed by atoms with Crippen LogP contribution in [0.5, 0.6) is 0 Å². The third kappa shape index (κ3) is 7.91. The zero-order valence-corrected chi connectivity index (χ0v) is 40.7. The van der Waals surface area contributed by atoms with Crippen molar-refractivity contribution in [3.8, 4) is 89.8 Å². The minimum atomic E-state index is -0.595. The van der Waals surface area contributed by atoms with Gasteiger partial charge in [-0.25, -0.2) is 9.97 Å². The number of carbonyl (C=O) groups excluding carboxylic acids is 2. The zero-order valence-electron chi connectivity index (χ0n) is 40.7. The monoisotopic (exact) mass is 956 g/mol. The van der Waals surface area contributed by atoms with Crippen molar-refractivity contribution in [1.29, 1.82) is 0 Å². The van der Waals surface area contributed by atoms with Crippen molar-refractivity contribution >= 4 is 33.4 Å². The summed E-state index contributed by atoms with van der Waals surface area (Å²) in [6.07, 6.45) is 0. The Labute approximate surface area is 428 Å². The van der Waals surface area contributed by atoms with Crippen LogP contribution in [0.25, 0.3) is 111 Å². The van der Waals surface area contributed by atoms with E-state index >= 15 is 9.59 Å². The minimum absolute atomic E-state index is 0.142. The normalized spacial score (nSPS) is 11.2. The van der Waals surface area contributed by atoms with Crippen molar-refractivity contribution in [3.05, 3.63) is 254 Å². The van der Waals surface area contributed by atoms with Crippen molar-refractivity contribution in [1.82, 2.24) is 30.0 Å². The van der Waals surface area contributed by atoms with Gasteiger partial charge in [-0.3, -0.25) is 20.4 Å². The van der Waals surface area contributed by atoms with Gasteiger partial charge in [-0.05, 0) is 33.4 Å². The SMILES string of the molecule is Cn1c(-c2ccccc2)c2c(-c3ccccc3)nc(C(=O)NNC(=O)c3nc(-c4ccccc4)c4c(-c5ccccc5)n(C)c(-c5ccccc5)c4c3-c3ccccc3)c(-c3ccccc3)c2c1-c1ccccc1. The van der Waals surface area contributed by atoms with Gasteiger partial charge in [0.1, 0.15) is 11.4 Å². The molecule has 0 unspecified atom stereocenters. The summed E-state index contributed by atoms with van der Waals surface area (Å²) >= 11 is 0. The highest BCUT2D eigenvalue weighted by Crippen LogP contribution is 2.50. The van der Waals surface area contributed by atoms with Gasteiger partial charge < -0.3 is 9.13 Å². The third-order valence-electron chi connectivity index (χ3n) is 13.8. The van der Waals surface area contributed by atoms with E-state index in [1.807, 2.05) is 194 Å². The van der Waals surface area contributed by atoms with Gasteiger partial charge >= 0.3 is 0 Å². The molecule has 0 fully saturated rings. The number of hydrogen-bond acceptors (Lipinski definition) is 4. The van der Waals surface area contributed by atoms with Crippen molar-refractivity contribution in [2.24, 2.45) is 14.1 Å². The van der Waals surface area contributed by atoms with Crippen LogP contribution in [-0.2, 0) is 14.1 Å². The van der Waals surface area contributed by atoms with Gasteiger partial charge in [-0.1, -0.05) is 243 Å². The molecule has 2 N–H and O–H groups in total. The van der Waals surface area contributed by atoms with Gasteiger partial charge in [0, 0.05) is 57.9 Å². The lowest BCUT2D eigenvalue weighted by molar-refractivity contribution is 0.0842. The van der Waals surface area contributed by atoms with E-state index in [-0.39, 0.29) is 11.4 Å². The molecule has 0 saturated carbocycles. The van der Waals surface area contributed by atoms with Gasteiger partial charge in [0.2, 0.25) is 0 Å². The number of carbonyl (C=O) groups is 2. The van der Waals surface area contributed by atoms with E-state index in [2.05, 4.69) is 82.6 Å². The number of benzene rings is 8. The van der Waals surface area contributed by atoms with Crippen LogP contribution < -0.4 is 10.9 Å². The summed E-state index contributed by atoms with van der Waals surface area (Å²) in [5.41, 5.74) is 19.5. The van der Waals surface area contributed by atoms with Crippen molar-refractivity contribution in [2.75, 3.05) is 0 Å². The summed E-state index contributed by atoms with van der Waals surface area (Å²) in [7, 11) is 4.15. The lowest BCUT2D eigenvalue weighted by atomic mass is 9.91. The molecule has 0 saturated heterocycles. The van der Waals surface area contributed by atoms with E-state index in [1.54, 1.807) is 0 Å². The standard InChI is InChI=1S/C66H48N6O2/c1-71-61(47-35-19-7-20-36-47)53-51(43-27-11-3-12-28-43)59(67-57(45-31-15-5-16-32-45)55(53)63(71)49-39-23-9-24-40-49)65(73)69-70-66(74)60-52(44-29-13-4-14-30-44)54-56(58(68-60)46-33-17-6-18-34-46)64(50-41-25-10-26-42-50)72(2)62(54)48-37-21-8-22-38-48/h3-42H,1-2H3,(H,69,73)(H,70,74). The van der Waals surface area contributed by atoms with Crippen molar-refractivity contribution < 1.29 is 9.59 Å². The number of fused-ring (bicyclic) bond motifs is 2. The maximum Gasteiger partial charge on any atom is 0.288 e. The molecule has 2 amide bonds. The number of hydrogen-bond donors (Lipinski definition) is 2. The van der Waals surface area contributed by atoms with Gasteiger partial charge in [-0.2, -0.15) is 0 Å². The number of nitrogens with one attached hydrogen (secondary N) is 2. The molecule has 0 bridgehead atoms. The molecule has 8 heteroatoms. The number of nitrogens with zero attached hydrogens (tertiary/aromatic N) is 4. The Bertz CT molecular complexity index is 3750. The fourth-order valence-electron chi connectivity index (χ4n) is 10.7. The fourth-order valence-corrected chi connectivity index (χ4v) is 10.7. The molecular formula is C66H48N6O2. The Morgan fingerprint density at radius 1 is 0.297 bits per heavy atom. The Morgan fingerprint density at radius 2 is 0.514 bits per heavy atom. The van der Waals surface area contributed by atoms with Crippen LogP contribution in [0, 0.1) is 0 Å². The van der Waals surface area contributed by atoms with Crippen LogP contribution in [0.15, 0.2) is 243 Å². The van der Waals surface area contributed by atoms with Crippen molar-refractivity contribution in [2.45, 2.75) is 0 Å². The number of hydrazine groups is 1. The number of rotatable bonds is 10. The molecule has 0 spiro atoms. The first-order valence-corrected chi connectivity index (χ1v) is 24.6. The van der Waals surface area contributed by atoms with Gasteiger partial charge in [0.05, 0.1) is 34.2 Å². The van der Waals surface area contributed by atoms with Crippen LogP contribution in [0.3, 0.4) is 0 Å². The molecule has 0 atom stereocenters. The van der Waals surface area contributed by atoms with E-state index in [0.29, 0.717) is 22.5 Å². The number of pyridine rings is 2. The molecule has 0 aliphatic carbocycles. The topological polar surface area (TPSA) is 93.8 Å². The molecule has 4 aromatic heterocycles. The first kappa shape index (κ1) is 45.2. The molecule has 12 rings (SSSR count). The molecule has 4 heterocycles. The second kappa shape index (κ2) is 19.4. The maximum absolute atomic E-state index is 15.5. The smallest absolute Gasteiger partial charge is 0.288 e. The summed E-state index contributed by atoms with van der Waals surface area (Å²) in [4.78, 5) is 41.8. The molecule has 354 valence electrons. The summed E-state index contributed by atoms with van der Waals surface area (Å²) in [6.45, 7) is 0. The molecule has 12 aromatic rings. The summed E-state index contributed by atoms with van der Waals surface area (Å²) < 4.78 is 4.43. The van der Waals surface area contributed by atoms with Crippen LogP contribution in [-0.4, -0.2) is 30.9 Å². The van der Waals surface area contributed by atoms with E-state index in [1.165, 1.54) is 0 Å². The molecule has 8 nitrogen and oxygen atoms in total. The zero-order chi connectivity index (χ0) is 50.1. The Balaban J connectivity index is 1.09. The fraction of sp³-hybridized carbons (Fsp3) is 0.0303. The third-order valence-corrected chi connectivity index (χ3v) is 13.8. The first-order valence-electron chi connectivity index (χ1n) is 24.6. The van der Waals surface area contributed by atoms with Crippen LogP contribution >= 0.6 is 0 Å². The Hall–Kier alpha value is -9.92. The molecular weight excluding hydrogens is 909 g/mol. The average Bonchev–Trinajstić information content (AvgIpc) is 3.95. The first-order chi connectivity index (χ1) is 36.5. The molecule has 74 heavy (non-hydrogen) atoms. The second-order valence-electron chi connectivity index (χ2n) is 18.2. The van der Waals surface area contributed by atoms with Gasteiger partial charge in [0.25, 0.3) is 11.8 Å². The average molecular weight is 957 g/mol. The van der Waals surface area contributed by atoms with Gasteiger partial charge in [-0.15, -0.1) is 0 Å². The molecule has 0 aliphatic rings. The second-order valence-corrected chi connectivity index (χ2v) is 18.2. The van der Waals surface area contributed by atoms with Gasteiger partial charge in [0.15, 0.2) is 0 Å². The Kier molecular flexibility index (Phi) is 11.8. The molecule has 0 aliphatic heterocycles. The molecule has 8 aromatic carbocycles. The lowest BCUT2D eigenvalue weighted by Crippen LogP contribution is -2.42. The number of aromatic nitrogens is 4. The highest BCUT2D eigenvalue weighted by Gasteiger charge is 2.32. The molecule has 0 radical (unpaired) electrons. The van der Waals surface area contributed by atoms with Crippen molar-refractivity contribution in [3.63, 3.8) is 0 Å². The lowest BCUT2D eigenvalue weighted by Gasteiger charge is -2.18. The maximum atomic E-state index is 15.5. The highest BCUT2D eigenvalue weighted by molar-refractivity contribution is 6.23. The predicted octanol–water partition coefficient (Wildman–Crippen LogP) is 14.9. The minimum Gasteiger partial charge on any atom is -0.343 e. The summed E-state index contributed by atoms with van der Waals surface area (Å²) in [5, 5.41) is 3.50. The van der Waals surface area contributed by atoms with Crippen LogP contribution in [0.1, 0.15) is 21.0 Å². The van der Waals surface area contributed by atoms with E-state index < -0.39 is 11.8 Å². The van der Waals surface area contributed by atoms with E-state index in [0.717, 1.165) is 88.8 Å². The van der Waals surface area contributed by atoms with Crippen LogP contribution in [0.2, 0.25) is 0 Å². The summed E-state index contributed by atoms with van der Waals surface area (Å²) in [6, 6.07) is 80.8. The highest BCUT2D eigenvalue weighted by atomic mass is 16.2. The quantitative estimate of drug-likeness (QED) is 0.134. The van der Waals surface area contributed by atoms with E-state index in [4.69, 9.17) is 9.97 Å². The van der Waals surface area contributed by atoms with Crippen LogP contribution in [0.4, 0.5) is 0 Å². The van der Waals surface area contributed by atoms with E-state index in [9.17, 15) is 0 Å². The Morgan fingerprint density at radius 3 is 0.770 bits per heavy atom.